The van der Waals surface area contributed by atoms with E-state index in [2.05, 4.69) is 21.2 Å². The fraction of sp³-hybridized carbons (Fsp3) is 0.294. The predicted octanol–water partition coefficient (Wildman–Crippen LogP) is 2.54. The molecular weight excluding hydrogens is 380 g/mol. The van der Waals surface area contributed by atoms with Gasteiger partial charge in [-0.2, -0.15) is 18.3 Å². The molecule has 0 saturated carbocycles. The third-order valence-electron chi connectivity index (χ3n) is 4.81. The van der Waals surface area contributed by atoms with E-state index in [1.165, 1.54) is 4.90 Å². The number of halogens is 4. The fourth-order valence-electron chi connectivity index (χ4n) is 3.38. The quantitative estimate of drug-likeness (QED) is 0.681. The normalized spacial score (nSPS) is 19.7. The zero-order valence-electron chi connectivity index (χ0n) is 14.6. The number of aromatic nitrogens is 2. The lowest BCUT2D eigenvalue weighted by atomic mass is 10.0. The Balaban J connectivity index is 1.62. The topological polar surface area (TPSA) is 76.3 Å². The third kappa shape index (κ3) is 2.97. The van der Waals surface area contributed by atoms with E-state index in [1.54, 1.807) is 24.2 Å². The summed E-state index contributed by atoms with van der Waals surface area (Å²) in [5, 5.41) is 8.45. The lowest BCUT2D eigenvalue weighted by Crippen LogP contribution is -2.45. The predicted molar refractivity (Wildman–Crippen MR) is 90.9 cm³/mol. The minimum Gasteiger partial charge on any atom is -0.330 e. The van der Waals surface area contributed by atoms with Gasteiger partial charge >= 0.3 is 6.18 Å². The van der Waals surface area contributed by atoms with Crippen LogP contribution in [0.2, 0.25) is 0 Å². The molecule has 4 rings (SSSR count). The average molecular weight is 396 g/mol. The molecule has 2 aliphatic heterocycles. The molecule has 1 atom stereocenters. The Morgan fingerprint density at radius 3 is 2.75 bits per heavy atom. The summed E-state index contributed by atoms with van der Waals surface area (Å²) >= 11 is 0. The van der Waals surface area contributed by atoms with E-state index in [-0.39, 0.29) is 12.6 Å². The molecule has 148 valence electrons. The SMILES string of the molecule is CC1CC2=C(CN1C(=O)c1cccc(C(F)(F)F)c1F)NNN2c1ccn[nH]1. The second-order valence-corrected chi connectivity index (χ2v) is 6.59. The molecule has 0 spiro atoms. The van der Waals surface area contributed by atoms with E-state index < -0.39 is 29.0 Å². The molecule has 1 amide bonds. The van der Waals surface area contributed by atoms with Gasteiger partial charge in [-0.05, 0) is 19.1 Å². The van der Waals surface area contributed by atoms with Crippen LogP contribution in [0.5, 0.6) is 0 Å². The summed E-state index contributed by atoms with van der Waals surface area (Å²) in [5.41, 5.74) is 5.38. The summed E-state index contributed by atoms with van der Waals surface area (Å²) in [5.74, 6) is -1.65. The van der Waals surface area contributed by atoms with Crippen LogP contribution in [0.15, 0.2) is 41.9 Å². The van der Waals surface area contributed by atoms with Crippen LogP contribution in [0.4, 0.5) is 23.4 Å². The van der Waals surface area contributed by atoms with Gasteiger partial charge in [0, 0.05) is 18.5 Å². The van der Waals surface area contributed by atoms with Crippen molar-refractivity contribution in [3.63, 3.8) is 0 Å². The molecule has 3 N–H and O–H groups in total. The van der Waals surface area contributed by atoms with Crippen LogP contribution in [0.3, 0.4) is 0 Å². The van der Waals surface area contributed by atoms with Crippen LogP contribution in [0.25, 0.3) is 0 Å². The van der Waals surface area contributed by atoms with Crippen LogP contribution in [-0.4, -0.2) is 33.6 Å². The summed E-state index contributed by atoms with van der Waals surface area (Å²) in [6.45, 7) is 1.86. The Morgan fingerprint density at radius 2 is 2.07 bits per heavy atom. The smallest absolute Gasteiger partial charge is 0.330 e. The molecule has 2 aliphatic rings. The summed E-state index contributed by atoms with van der Waals surface area (Å²) in [4.78, 5) is 14.2. The number of hydrogen-bond acceptors (Lipinski definition) is 5. The van der Waals surface area contributed by atoms with Crippen LogP contribution in [0.1, 0.15) is 29.3 Å². The monoisotopic (exact) mass is 396 g/mol. The maximum Gasteiger partial charge on any atom is 0.419 e. The highest BCUT2D eigenvalue weighted by atomic mass is 19.4. The van der Waals surface area contributed by atoms with Gasteiger partial charge in [0.2, 0.25) is 0 Å². The first-order chi connectivity index (χ1) is 13.3. The van der Waals surface area contributed by atoms with Crippen molar-refractivity contribution in [2.75, 3.05) is 11.6 Å². The number of aromatic amines is 1. The van der Waals surface area contributed by atoms with Gasteiger partial charge in [0.1, 0.15) is 11.6 Å². The highest BCUT2D eigenvalue weighted by Gasteiger charge is 2.39. The molecule has 0 bridgehead atoms. The van der Waals surface area contributed by atoms with E-state index >= 15 is 0 Å². The maximum absolute atomic E-state index is 14.4. The van der Waals surface area contributed by atoms with Crippen molar-refractivity contribution in [1.82, 2.24) is 26.1 Å². The van der Waals surface area contributed by atoms with E-state index in [1.807, 2.05) is 0 Å². The first kappa shape index (κ1) is 18.3. The van der Waals surface area contributed by atoms with Gasteiger partial charge in [-0.15, -0.1) is 5.53 Å². The van der Waals surface area contributed by atoms with Gasteiger partial charge in [0.15, 0.2) is 0 Å². The number of rotatable bonds is 2. The molecule has 2 aromatic rings. The van der Waals surface area contributed by atoms with Crippen LogP contribution < -0.4 is 16.0 Å². The van der Waals surface area contributed by atoms with E-state index in [0.29, 0.717) is 24.0 Å². The Morgan fingerprint density at radius 1 is 1.29 bits per heavy atom. The number of nitrogens with one attached hydrogen (secondary N) is 3. The largest absolute Gasteiger partial charge is 0.419 e. The zero-order chi connectivity index (χ0) is 20.1. The second kappa shape index (κ2) is 6.51. The number of anilines is 1. The van der Waals surface area contributed by atoms with Crippen molar-refractivity contribution in [2.45, 2.75) is 25.6 Å². The fourth-order valence-corrected chi connectivity index (χ4v) is 3.38. The molecule has 1 aromatic heterocycles. The van der Waals surface area contributed by atoms with Crippen LogP contribution in [0, 0.1) is 5.82 Å². The molecule has 28 heavy (non-hydrogen) atoms. The van der Waals surface area contributed by atoms with Crippen molar-refractivity contribution >= 4 is 11.7 Å². The van der Waals surface area contributed by atoms with Crippen molar-refractivity contribution < 1.29 is 22.4 Å². The van der Waals surface area contributed by atoms with E-state index in [4.69, 9.17) is 0 Å². The first-order valence-corrected chi connectivity index (χ1v) is 8.47. The summed E-state index contributed by atoms with van der Waals surface area (Å²) in [7, 11) is 0. The molecule has 0 radical (unpaired) electrons. The van der Waals surface area contributed by atoms with E-state index in [0.717, 1.165) is 17.8 Å². The number of carbonyl (C=O) groups is 1. The molecule has 7 nitrogen and oxygen atoms in total. The Bertz CT molecular complexity index is 940. The number of amides is 1. The highest BCUT2D eigenvalue weighted by molar-refractivity contribution is 5.95. The highest BCUT2D eigenvalue weighted by Crippen LogP contribution is 2.34. The molecular formula is C17H16F4N6O. The number of H-pyrrole nitrogens is 1. The van der Waals surface area contributed by atoms with Crippen molar-refractivity contribution in [1.29, 1.82) is 0 Å². The van der Waals surface area contributed by atoms with Gasteiger partial charge in [0.25, 0.3) is 5.91 Å². The third-order valence-corrected chi connectivity index (χ3v) is 4.81. The molecule has 0 aliphatic carbocycles. The van der Waals surface area contributed by atoms with Gasteiger partial charge in [-0.3, -0.25) is 9.89 Å². The van der Waals surface area contributed by atoms with Crippen LogP contribution in [-0.2, 0) is 6.18 Å². The van der Waals surface area contributed by atoms with Gasteiger partial charge in [0.05, 0.1) is 35.3 Å². The average Bonchev–Trinajstić information content (AvgIpc) is 3.28. The maximum atomic E-state index is 14.4. The number of hydrazine groups is 2. The zero-order valence-corrected chi connectivity index (χ0v) is 14.6. The Hall–Kier alpha value is -3.08. The first-order valence-electron chi connectivity index (χ1n) is 8.47. The number of alkyl halides is 3. The van der Waals surface area contributed by atoms with Gasteiger partial charge in [-0.25, -0.2) is 9.40 Å². The second-order valence-electron chi connectivity index (χ2n) is 6.59. The van der Waals surface area contributed by atoms with Gasteiger partial charge in [-0.1, -0.05) is 6.07 Å². The number of carbonyl (C=O) groups excluding carboxylic acids is 1. The molecule has 1 aromatic carbocycles. The molecule has 3 heterocycles. The standard InChI is InChI=1S/C17H16F4N6O/c1-9-7-13-12(23-25-27(13)14-5-6-22-24-14)8-26(9)16(28)10-3-2-4-11(15(10)18)17(19,20)21/h2-6,9,23,25H,7-8H2,1H3,(H,22,24). The molecule has 1 unspecified atom stereocenters. The molecule has 0 saturated heterocycles. The summed E-state index contributed by atoms with van der Waals surface area (Å²) < 4.78 is 53.3. The lowest BCUT2D eigenvalue weighted by Gasteiger charge is -2.35. The minimum atomic E-state index is -4.87. The van der Waals surface area contributed by atoms with E-state index in [9.17, 15) is 22.4 Å². The minimum absolute atomic E-state index is 0.0999. The lowest BCUT2D eigenvalue weighted by molar-refractivity contribution is -0.140. The van der Waals surface area contributed by atoms with Crippen LogP contribution >= 0.6 is 0 Å². The van der Waals surface area contributed by atoms with Crippen molar-refractivity contribution in [3.05, 3.63) is 58.8 Å². The molecule has 11 heteroatoms. The summed E-state index contributed by atoms with van der Waals surface area (Å²) in [6.07, 6.45) is -2.86. The number of nitrogens with zero attached hydrogens (tertiary/aromatic N) is 3. The Kier molecular flexibility index (Phi) is 4.26. The summed E-state index contributed by atoms with van der Waals surface area (Å²) in [6, 6.07) is 4.13. The Labute approximate surface area is 156 Å². The number of benzene rings is 1. The number of hydrogen-bond donors (Lipinski definition) is 3. The van der Waals surface area contributed by atoms with Gasteiger partial charge < -0.3 is 10.3 Å². The van der Waals surface area contributed by atoms with Crippen molar-refractivity contribution in [3.8, 4) is 0 Å². The molecule has 0 fully saturated rings. The van der Waals surface area contributed by atoms with Crippen molar-refractivity contribution in [2.24, 2.45) is 0 Å².